The second-order valence-electron chi connectivity index (χ2n) is 7.69. The van der Waals surface area contributed by atoms with Gasteiger partial charge in [0.15, 0.2) is 0 Å². The van der Waals surface area contributed by atoms with Crippen molar-refractivity contribution < 1.29 is 19.1 Å². The zero-order valence-corrected chi connectivity index (χ0v) is 17.3. The molecule has 1 aliphatic heterocycles. The van der Waals surface area contributed by atoms with Crippen molar-refractivity contribution in [2.75, 3.05) is 14.2 Å². The third kappa shape index (κ3) is 2.91. The number of H-pyrrole nitrogens is 3. The molecule has 2 unspecified atom stereocenters. The van der Waals surface area contributed by atoms with Gasteiger partial charge in [-0.1, -0.05) is 6.92 Å². The first kappa shape index (κ1) is 19.0. The Morgan fingerprint density at radius 2 is 1.61 bits per heavy atom. The Morgan fingerprint density at radius 3 is 2.29 bits per heavy atom. The van der Waals surface area contributed by atoms with Gasteiger partial charge in [0.25, 0.3) is 0 Å². The Kier molecular flexibility index (Phi) is 4.35. The molecule has 8 nitrogen and oxygen atoms in total. The predicted octanol–water partition coefficient (Wildman–Crippen LogP) is 3.63. The van der Waals surface area contributed by atoms with Gasteiger partial charge in [0.05, 0.1) is 48.1 Å². The Morgan fingerprint density at radius 1 is 0.968 bits per heavy atom. The normalized spacial score (nSPS) is 19.1. The minimum Gasteiger partial charge on any atom is -0.465 e. The molecule has 3 aromatic heterocycles. The average Bonchev–Trinajstić information content (AvgIpc) is 3.56. The van der Waals surface area contributed by atoms with E-state index in [0.29, 0.717) is 22.5 Å². The van der Waals surface area contributed by atoms with Crippen LogP contribution >= 0.6 is 0 Å². The lowest BCUT2D eigenvalue weighted by molar-refractivity contribution is 0.0592. The number of nitrogens with one attached hydrogen (secondary N) is 4. The van der Waals surface area contributed by atoms with E-state index in [9.17, 15) is 9.59 Å². The van der Waals surface area contributed by atoms with Crippen LogP contribution in [0, 0.1) is 5.92 Å². The average molecular weight is 418 g/mol. The zero-order valence-electron chi connectivity index (χ0n) is 17.3. The van der Waals surface area contributed by atoms with Crippen molar-refractivity contribution in [1.82, 2.24) is 20.3 Å². The lowest BCUT2D eigenvalue weighted by Crippen LogP contribution is -2.18. The SMILES string of the molecule is COC(=O)c1cc[nH]c1C1=CC2C(=Cc3cc(-c4[nH]ccc4C(=O)OC)[nH]c3C2C)N1. The van der Waals surface area contributed by atoms with E-state index in [2.05, 4.69) is 39.3 Å². The van der Waals surface area contributed by atoms with E-state index in [4.69, 9.17) is 9.47 Å². The quantitative estimate of drug-likeness (QED) is 0.484. The summed E-state index contributed by atoms with van der Waals surface area (Å²) in [6.07, 6.45) is 7.69. The number of aromatic amines is 3. The summed E-state index contributed by atoms with van der Waals surface area (Å²) in [7, 11) is 2.75. The molecule has 1 aliphatic carbocycles. The summed E-state index contributed by atoms with van der Waals surface area (Å²) in [5.74, 6) is -0.458. The smallest absolute Gasteiger partial charge is 0.340 e. The first-order valence-electron chi connectivity index (χ1n) is 9.97. The molecular weight excluding hydrogens is 396 g/mol. The van der Waals surface area contributed by atoms with Gasteiger partial charge in [-0.2, -0.15) is 0 Å². The third-order valence-corrected chi connectivity index (χ3v) is 6.01. The molecule has 0 saturated heterocycles. The van der Waals surface area contributed by atoms with E-state index in [1.54, 1.807) is 24.5 Å². The molecule has 0 fully saturated rings. The summed E-state index contributed by atoms with van der Waals surface area (Å²) in [6.45, 7) is 2.16. The molecule has 31 heavy (non-hydrogen) atoms. The van der Waals surface area contributed by atoms with Crippen molar-refractivity contribution in [2.45, 2.75) is 12.8 Å². The standard InChI is InChI=1S/C23H22N4O4/c1-11-15-10-18(21-14(5-7-25-21)23(29)31-3)26-16(15)8-12-9-17(27-19(11)12)20-13(4-6-24-20)22(28)30-2/h4-11,15,24-27H,1-3H3. The van der Waals surface area contributed by atoms with Gasteiger partial charge in [-0.25, -0.2) is 9.59 Å². The van der Waals surface area contributed by atoms with E-state index < -0.39 is 0 Å². The molecular formula is C23H22N4O4. The Labute approximate surface area is 178 Å². The number of esters is 2. The van der Waals surface area contributed by atoms with Crippen LogP contribution in [0.25, 0.3) is 23.2 Å². The van der Waals surface area contributed by atoms with Gasteiger partial charge in [-0.3, -0.25) is 0 Å². The summed E-state index contributed by atoms with van der Waals surface area (Å²) in [5.41, 5.74) is 7.31. The number of hydrogen-bond acceptors (Lipinski definition) is 5. The monoisotopic (exact) mass is 418 g/mol. The fraction of sp³-hybridized carbons (Fsp3) is 0.217. The highest BCUT2D eigenvalue weighted by Crippen LogP contribution is 2.44. The number of rotatable bonds is 4. The molecule has 4 heterocycles. The summed E-state index contributed by atoms with van der Waals surface area (Å²) in [6, 6.07) is 5.46. The van der Waals surface area contributed by atoms with Gasteiger partial charge in [0.1, 0.15) is 0 Å². The predicted molar refractivity (Wildman–Crippen MR) is 115 cm³/mol. The van der Waals surface area contributed by atoms with Crippen molar-refractivity contribution in [2.24, 2.45) is 5.92 Å². The Bertz CT molecular complexity index is 1260. The van der Waals surface area contributed by atoms with Crippen LogP contribution in [0.5, 0.6) is 0 Å². The first-order chi connectivity index (χ1) is 15.0. The van der Waals surface area contributed by atoms with Crippen LogP contribution in [-0.4, -0.2) is 41.1 Å². The Balaban J connectivity index is 1.48. The molecule has 158 valence electrons. The highest BCUT2D eigenvalue weighted by molar-refractivity contribution is 5.97. The van der Waals surface area contributed by atoms with Crippen LogP contribution in [0.4, 0.5) is 0 Å². The van der Waals surface area contributed by atoms with E-state index in [0.717, 1.165) is 28.3 Å². The topological polar surface area (TPSA) is 112 Å². The minimum absolute atomic E-state index is 0.131. The van der Waals surface area contributed by atoms with Gasteiger partial charge in [-0.15, -0.1) is 0 Å². The van der Waals surface area contributed by atoms with Crippen molar-refractivity contribution in [3.63, 3.8) is 0 Å². The van der Waals surface area contributed by atoms with Crippen LogP contribution in [0.2, 0.25) is 0 Å². The summed E-state index contributed by atoms with van der Waals surface area (Å²) in [4.78, 5) is 33.9. The van der Waals surface area contributed by atoms with E-state index in [-0.39, 0.29) is 23.8 Å². The molecule has 4 N–H and O–H groups in total. The first-order valence-corrected chi connectivity index (χ1v) is 9.97. The van der Waals surface area contributed by atoms with E-state index in [1.807, 2.05) is 6.07 Å². The Hall–Kier alpha value is -3.94. The van der Waals surface area contributed by atoms with Crippen LogP contribution < -0.4 is 5.32 Å². The highest BCUT2D eigenvalue weighted by atomic mass is 16.5. The van der Waals surface area contributed by atoms with Gasteiger partial charge < -0.3 is 29.7 Å². The lowest BCUT2D eigenvalue weighted by atomic mass is 9.83. The number of ether oxygens (including phenoxy) is 2. The molecule has 0 radical (unpaired) electrons. The minimum atomic E-state index is -0.381. The van der Waals surface area contributed by atoms with Crippen molar-refractivity contribution in [3.05, 3.63) is 70.4 Å². The maximum absolute atomic E-state index is 12.1. The van der Waals surface area contributed by atoms with Crippen molar-refractivity contribution in [3.8, 4) is 11.4 Å². The lowest BCUT2D eigenvalue weighted by Gasteiger charge is -2.24. The van der Waals surface area contributed by atoms with Gasteiger partial charge >= 0.3 is 11.9 Å². The number of fused-ring (bicyclic) bond motifs is 2. The van der Waals surface area contributed by atoms with Crippen LogP contribution in [0.1, 0.15) is 50.5 Å². The largest absolute Gasteiger partial charge is 0.465 e. The number of methoxy groups -OCH3 is 2. The number of hydrogen-bond donors (Lipinski definition) is 4. The molecule has 8 heteroatoms. The van der Waals surface area contributed by atoms with E-state index >= 15 is 0 Å². The summed E-state index contributed by atoms with van der Waals surface area (Å²) < 4.78 is 9.77. The molecule has 5 rings (SSSR count). The van der Waals surface area contributed by atoms with Gasteiger partial charge in [0.2, 0.25) is 0 Å². The summed E-state index contributed by atoms with van der Waals surface area (Å²) in [5, 5.41) is 3.46. The molecule has 2 aliphatic rings. The van der Waals surface area contributed by atoms with Crippen molar-refractivity contribution in [1.29, 1.82) is 0 Å². The van der Waals surface area contributed by atoms with Crippen LogP contribution in [-0.2, 0) is 9.47 Å². The van der Waals surface area contributed by atoms with Crippen molar-refractivity contribution >= 4 is 23.7 Å². The number of aromatic nitrogens is 3. The van der Waals surface area contributed by atoms with Crippen LogP contribution in [0.15, 0.2) is 42.4 Å². The fourth-order valence-electron chi connectivity index (χ4n) is 4.45. The second kappa shape index (κ2) is 7.09. The van der Waals surface area contributed by atoms with Crippen LogP contribution in [0.3, 0.4) is 0 Å². The molecule has 0 saturated carbocycles. The summed E-state index contributed by atoms with van der Waals surface area (Å²) >= 11 is 0. The van der Waals surface area contributed by atoms with Gasteiger partial charge in [0, 0.05) is 35.6 Å². The number of carbonyl (C=O) groups excluding carboxylic acids is 2. The third-order valence-electron chi connectivity index (χ3n) is 6.01. The molecule has 0 spiro atoms. The highest BCUT2D eigenvalue weighted by Gasteiger charge is 2.35. The number of carbonyl (C=O) groups is 2. The van der Waals surface area contributed by atoms with E-state index in [1.165, 1.54) is 14.2 Å². The molecule has 0 bridgehead atoms. The number of allylic oxidation sites excluding steroid dienone is 1. The molecule has 0 aromatic carbocycles. The maximum Gasteiger partial charge on any atom is 0.340 e. The molecule has 3 aromatic rings. The second-order valence-corrected chi connectivity index (χ2v) is 7.69. The fourth-order valence-corrected chi connectivity index (χ4v) is 4.45. The molecule has 2 atom stereocenters. The van der Waals surface area contributed by atoms with Gasteiger partial charge in [-0.05, 0) is 35.9 Å². The maximum atomic E-state index is 12.1. The zero-order chi connectivity index (χ0) is 21.7. The molecule has 0 amide bonds.